The first-order valence-electron chi connectivity index (χ1n) is 8.20. The van der Waals surface area contributed by atoms with Gasteiger partial charge in [0.15, 0.2) is 0 Å². The van der Waals surface area contributed by atoms with Gasteiger partial charge in [-0.2, -0.15) is 0 Å². The van der Waals surface area contributed by atoms with Crippen LogP contribution in [0.4, 0.5) is 11.9 Å². The van der Waals surface area contributed by atoms with E-state index in [1.807, 2.05) is 6.07 Å². The molecule has 1 aliphatic carbocycles. The van der Waals surface area contributed by atoms with E-state index in [-0.39, 0.29) is 5.91 Å². The lowest BCUT2D eigenvalue weighted by molar-refractivity contribution is 0.0946. The molecule has 1 saturated heterocycles. The van der Waals surface area contributed by atoms with Crippen LogP contribution < -0.4 is 15.1 Å². The van der Waals surface area contributed by atoms with Gasteiger partial charge in [-0.05, 0) is 25.0 Å². The highest BCUT2D eigenvalue weighted by molar-refractivity contribution is 5.92. The molecule has 2 aromatic heterocycles. The van der Waals surface area contributed by atoms with Crippen LogP contribution in [-0.2, 0) is 0 Å². The summed E-state index contributed by atoms with van der Waals surface area (Å²) < 4.78 is 0. The number of nitrogens with one attached hydrogen (secondary N) is 1. The second kappa shape index (κ2) is 6.38. The molecular formula is C16H19N7O. The Morgan fingerprint density at radius 2 is 1.58 bits per heavy atom. The van der Waals surface area contributed by atoms with E-state index in [0.717, 1.165) is 45.0 Å². The molecule has 8 nitrogen and oxygen atoms in total. The molecule has 124 valence electrons. The fourth-order valence-corrected chi connectivity index (χ4v) is 2.68. The lowest BCUT2D eigenvalue weighted by atomic mass is 10.3. The van der Waals surface area contributed by atoms with Crippen molar-refractivity contribution in [2.45, 2.75) is 18.9 Å². The minimum Gasteiger partial charge on any atom is -0.348 e. The van der Waals surface area contributed by atoms with E-state index in [9.17, 15) is 4.79 Å². The summed E-state index contributed by atoms with van der Waals surface area (Å²) >= 11 is 0. The normalized spacial score (nSPS) is 17.7. The SMILES string of the molecule is O=C(NC1CC1)c1ccnc(N2CCN(c3ncccn3)CC2)n1. The summed E-state index contributed by atoms with van der Waals surface area (Å²) in [6.07, 6.45) is 7.27. The van der Waals surface area contributed by atoms with Crippen LogP contribution in [0, 0.1) is 0 Å². The standard InChI is InChI=1S/C16H19N7O/c24-14(20-12-2-3-12)13-4-7-19-16(21-13)23-10-8-22(9-11-23)15-17-5-1-6-18-15/h1,4-7,12H,2-3,8-11H2,(H,20,24). The number of aromatic nitrogens is 4. The fraction of sp³-hybridized carbons (Fsp3) is 0.438. The predicted molar refractivity (Wildman–Crippen MR) is 89.0 cm³/mol. The highest BCUT2D eigenvalue weighted by Crippen LogP contribution is 2.19. The molecule has 8 heteroatoms. The van der Waals surface area contributed by atoms with E-state index in [1.54, 1.807) is 24.7 Å². The molecule has 0 atom stereocenters. The van der Waals surface area contributed by atoms with Gasteiger partial charge in [-0.3, -0.25) is 4.79 Å². The second-order valence-corrected chi connectivity index (χ2v) is 6.01. The number of hydrogen-bond acceptors (Lipinski definition) is 7. The number of hydrogen-bond donors (Lipinski definition) is 1. The van der Waals surface area contributed by atoms with Gasteiger partial charge in [0, 0.05) is 50.8 Å². The average Bonchev–Trinajstić information content (AvgIpc) is 3.47. The third-order valence-electron chi connectivity index (χ3n) is 4.19. The molecule has 1 saturated carbocycles. The van der Waals surface area contributed by atoms with Gasteiger partial charge in [0.2, 0.25) is 11.9 Å². The monoisotopic (exact) mass is 325 g/mol. The van der Waals surface area contributed by atoms with Crippen molar-refractivity contribution in [3.63, 3.8) is 0 Å². The van der Waals surface area contributed by atoms with Crippen molar-refractivity contribution in [3.8, 4) is 0 Å². The highest BCUT2D eigenvalue weighted by Gasteiger charge is 2.25. The lowest BCUT2D eigenvalue weighted by Gasteiger charge is -2.34. The maximum Gasteiger partial charge on any atom is 0.270 e. The zero-order valence-electron chi connectivity index (χ0n) is 13.3. The summed E-state index contributed by atoms with van der Waals surface area (Å²) in [7, 11) is 0. The number of amides is 1. The van der Waals surface area contributed by atoms with Crippen molar-refractivity contribution >= 4 is 17.8 Å². The number of carbonyl (C=O) groups excluding carboxylic acids is 1. The van der Waals surface area contributed by atoms with Crippen molar-refractivity contribution in [1.82, 2.24) is 25.3 Å². The number of piperazine rings is 1. The van der Waals surface area contributed by atoms with Crippen LogP contribution in [0.1, 0.15) is 23.3 Å². The average molecular weight is 325 g/mol. The first kappa shape index (κ1) is 14.8. The summed E-state index contributed by atoms with van der Waals surface area (Å²) in [5.41, 5.74) is 0.431. The maximum absolute atomic E-state index is 12.1. The first-order chi connectivity index (χ1) is 11.8. The Hall–Kier alpha value is -2.77. The van der Waals surface area contributed by atoms with Crippen molar-refractivity contribution in [1.29, 1.82) is 0 Å². The Morgan fingerprint density at radius 3 is 2.25 bits per heavy atom. The number of rotatable bonds is 4. The minimum atomic E-state index is -0.113. The van der Waals surface area contributed by atoms with E-state index < -0.39 is 0 Å². The lowest BCUT2D eigenvalue weighted by Crippen LogP contribution is -2.47. The van der Waals surface area contributed by atoms with Gasteiger partial charge >= 0.3 is 0 Å². The quantitative estimate of drug-likeness (QED) is 0.875. The van der Waals surface area contributed by atoms with Crippen LogP contribution in [0.5, 0.6) is 0 Å². The molecule has 1 aliphatic heterocycles. The van der Waals surface area contributed by atoms with Crippen molar-refractivity contribution in [2.75, 3.05) is 36.0 Å². The van der Waals surface area contributed by atoms with Gasteiger partial charge in [-0.1, -0.05) is 0 Å². The second-order valence-electron chi connectivity index (χ2n) is 6.01. The zero-order chi connectivity index (χ0) is 16.4. The fourth-order valence-electron chi connectivity index (χ4n) is 2.68. The Morgan fingerprint density at radius 1 is 0.958 bits per heavy atom. The van der Waals surface area contributed by atoms with Crippen LogP contribution in [0.25, 0.3) is 0 Å². The van der Waals surface area contributed by atoms with Gasteiger partial charge in [0.05, 0.1) is 0 Å². The number of nitrogens with zero attached hydrogens (tertiary/aromatic N) is 6. The van der Waals surface area contributed by atoms with E-state index in [1.165, 1.54) is 0 Å². The molecule has 1 amide bonds. The molecule has 2 fully saturated rings. The molecule has 1 N–H and O–H groups in total. The predicted octanol–water partition coefficient (Wildman–Crippen LogP) is 0.485. The molecule has 24 heavy (non-hydrogen) atoms. The summed E-state index contributed by atoms with van der Waals surface area (Å²) in [5, 5.41) is 2.96. The highest BCUT2D eigenvalue weighted by atomic mass is 16.2. The van der Waals surface area contributed by atoms with Gasteiger partial charge in [-0.15, -0.1) is 0 Å². The molecule has 0 radical (unpaired) electrons. The van der Waals surface area contributed by atoms with Crippen LogP contribution in [-0.4, -0.2) is 58.1 Å². The van der Waals surface area contributed by atoms with Crippen LogP contribution in [0.3, 0.4) is 0 Å². The van der Waals surface area contributed by atoms with Crippen molar-refractivity contribution < 1.29 is 4.79 Å². The van der Waals surface area contributed by atoms with Crippen LogP contribution in [0.15, 0.2) is 30.7 Å². The Balaban J connectivity index is 1.41. The number of carbonyl (C=O) groups is 1. The molecule has 0 aromatic carbocycles. The first-order valence-corrected chi connectivity index (χ1v) is 8.20. The van der Waals surface area contributed by atoms with E-state index >= 15 is 0 Å². The van der Waals surface area contributed by atoms with Crippen LogP contribution in [0.2, 0.25) is 0 Å². The Bertz CT molecular complexity index is 711. The van der Waals surface area contributed by atoms with Crippen molar-refractivity contribution in [2.24, 2.45) is 0 Å². The number of anilines is 2. The summed E-state index contributed by atoms with van der Waals surface area (Å²) in [5.74, 6) is 1.24. The molecule has 0 bridgehead atoms. The summed E-state index contributed by atoms with van der Waals surface area (Å²) in [4.78, 5) is 33.7. The van der Waals surface area contributed by atoms with Crippen molar-refractivity contribution in [3.05, 3.63) is 36.4 Å². The Kier molecular flexibility index (Phi) is 3.94. The third-order valence-corrected chi connectivity index (χ3v) is 4.19. The maximum atomic E-state index is 12.1. The molecule has 2 aliphatic rings. The molecule has 0 spiro atoms. The molecule has 4 rings (SSSR count). The van der Waals surface area contributed by atoms with Gasteiger partial charge in [-0.25, -0.2) is 19.9 Å². The zero-order valence-corrected chi connectivity index (χ0v) is 13.3. The van der Waals surface area contributed by atoms with Gasteiger partial charge in [0.1, 0.15) is 5.69 Å². The third kappa shape index (κ3) is 3.27. The molecular weight excluding hydrogens is 306 g/mol. The summed E-state index contributed by atoms with van der Waals surface area (Å²) in [6.45, 7) is 3.13. The van der Waals surface area contributed by atoms with E-state index in [4.69, 9.17) is 0 Å². The largest absolute Gasteiger partial charge is 0.348 e. The van der Waals surface area contributed by atoms with Gasteiger partial charge in [0.25, 0.3) is 5.91 Å². The summed E-state index contributed by atoms with van der Waals surface area (Å²) in [6, 6.07) is 3.80. The minimum absolute atomic E-state index is 0.113. The topological polar surface area (TPSA) is 87.1 Å². The Labute approximate surface area is 140 Å². The molecule has 0 unspecified atom stereocenters. The molecule has 3 heterocycles. The van der Waals surface area contributed by atoms with Crippen LogP contribution >= 0.6 is 0 Å². The van der Waals surface area contributed by atoms with E-state index in [2.05, 4.69) is 35.1 Å². The van der Waals surface area contributed by atoms with Gasteiger partial charge < -0.3 is 15.1 Å². The van der Waals surface area contributed by atoms with E-state index in [0.29, 0.717) is 17.7 Å². The smallest absolute Gasteiger partial charge is 0.270 e. The molecule has 2 aromatic rings.